The molecule has 4 N–H and O–H groups in total. The number of hydrogen-bond acceptors (Lipinski definition) is 3. The molecule has 1 fully saturated rings. The summed E-state index contributed by atoms with van der Waals surface area (Å²) in [5, 5.41) is 11.3. The number of amides is 2. The minimum Gasteiger partial charge on any atom is -0.480 e. The van der Waals surface area contributed by atoms with Crippen LogP contribution in [-0.4, -0.2) is 28.9 Å². The molecule has 0 radical (unpaired) electrons. The molecule has 6 heteroatoms. The molecule has 1 aliphatic rings. The number of carbonyl (C=O) groups excluding carboxylic acids is 2. The van der Waals surface area contributed by atoms with Crippen LogP contribution in [0.15, 0.2) is 0 Å². The molecule has 0 unspecified atom stereocenters. The zero-order valence-electron chi connectivity index (χ0n) is 10.4. The fourth-order valence-electron chi connectivity index (χ4n) is 2.23. The summed E-state index contributed by atoms with van der Waals surface area (Å²) >= 11 is 0. The van der Waals surface area contributed by atoms with Crippen LogP contribution in [0.2, 0.25) is 0 Å². The maximum atomic E-state index is 11.9. The molecule has 18 heavy (non-hydrogen) atoms. The summed E-state index contributed by atoms with van der Waals surface area (Å²) in [7, 11) is 0. The molecule has 1 rings (SSSR count). The fraction of sp³-hybridized carbons (Fsp3) is 0.750. The van der Waals surface area contributed by atoms with Crippen molar-refractivity contribution in [2.24, 2.45) is 11.7 Å². The molecule has 2 amide bonds. The van der Waals surface area contributed by atoms with Crippen molar-refractivity contribution in [3.05, 3.63) is 0 Å². The Bertz CT molecular complexity index is 322. The van der Waals surface area contributed by atoms with Crippen molar-refractivity contribution in [2.45, 2.75) is 51.0 Å². The van der Waals surface area contributed by atoms with Crippen LogP contribution in [0.3, 0.4) is 0 Å². The number of nitrogens with one attached hydrogen (secondary N) is 1. The standard InChI is InChI=1S/C12H20N2O4/c13-10(15)7-9(12(17)18)14-11(16)8-5-3-1-2-4-6-8/h8-9H,1-7H2,(H2,13,15)(H,14,16)(H,17,18)/t9-/m0/s1. The predicted molar refractivity (Wildman–Crippen MR) is 64.6 cm³/mol. The van der Waals surface area contributed by atoms with Gasteiger partial charge >= 0.3 is 5.97 Å². The van der Waals surface area contributed by atoms with Gasteiger partial charge in [0, 0.05) is 5.92 Å². The minimum absolute atomic E-state index is 0.137. The summed E-state index contributed by atoms with van der Waals surface area (Å²) in [5.41, 5.74) is 4.96. The van der Waals surface area contributed by atoms with Gasteiger partial charge in [-0.3, -0.25) is 9.59 Å². The van der Waals surface area contributed by atoms with Crippen molar-refractivity contribution in [3.8, 4) is 0 Å². The third-order valence-electron chi connectivity index (χ3n) is 3.25. The Labute approximate surface area is 106 Å². The molecule has 0 heterocycles. The number of rotatable bonds is 5. The first-order valence-corrected chi connectivity index (χ1v) is 6.32. The van der Waals surface area contributed by atoms with Crippen LogP contribution in [0, 0.1) is 5.92 Å². The average Bonchev–Trinajstić information content (AvgIpc) is 2.55. The minimum atomic E-state index is -1.23. The molecule has 0 spiro atoms. The van der Waals surface area contributed by atoms with Gasteiger partial charge in [0.25, 0.3) is 0 Å². The molecule has 102 valence electrons. The highest BCUT2D eigenvalue weighted by Gasteiger charge is 2.26. The van der Waals surface area contributed by atoms with Gasteiger partial charge in [0.15, 0.2) is 0 Å². The van der Waals surface area contributed by atoms with Crippen molar-refractivity contribution in [2.75, 3.05) is 0 Å². The third kappa shape index (κ3) is 4.73. The Morgan fingerprint density at radius 1 is 1.17 bits per heavy atom. The Kier molecular flexibility index (Phi) is 5.61. The normalized spacial score (nSPS) is 18.7. The lowest BCUT2D eigenvalue weighted by Crippen LogP contribution is -2.45. The van der Waals surface area contributed by atoms with Crippen molar-refractivity contribution in [1.82, 2.24) is 5.32 Å². The highest BCUT2D eigenvalue weighted by molar-refractivity contribution is 5.88. The fourth-order valence-corrected chi connectivity index (χ4v) is 2.23. The second kappa shape index (κ2) is 6.98. The van der Waals surface area contributed by atoms with E-state index in [1.165, 1.54) is 0 Å². The van der Waals surface area contributed by atoms with Gasteiger partial charge in [-0.2, -0.15) is 0 Å². The van der Waals surface area contributed by atoms with Crippen LogP contribution in [0.1, 0.15) is 44.9 Å². The number of primary amides is 1. The van der Waals surface area contributed by atoms with E-state index in [0.29, 0.717) is 0 Å². The van der Waals surface area contributed by atoms with Gasteiger partial charge in [-0.05, 0) is 12.8 Å². The highest BCUT2D eigenvalue weighted by Crippen LogP contribution is 2.23. The maximum Gasteiger partial charge on any atom is 0.326 e. The lowest BCUT2D eigenvalue weighted by Gasteiger charge is -2.18. The molecule has 0 aromatic carbocycles. The van der Waals surface area contributed by atoms with Gasteiger partial charge in [-0.15, -0.1) is 0 Å². The van der Waals surface area contributed by atoms with E-state index >= 15 is 0 Å². The summed E-state index contributed by atoms with van der Waals surface area (Å²) < 4.78 is 0. The number of carboxylic acids is 1. The van der Waals surface area contributed by atoms with Crippen LogP contribution in [-0.2, 0) is 14.4 Å². The monoisotopic (exact) mass is 256 g/mol. The molecule has 1 aliphatic carbocycles. The largest absolute Gasteiger partial charge is 0.480 e. The number of hydrogen-bond donors (Lipinski definition) is 3. The van der Waals surface area contributed by atoms with Crippen LogP contribution in [0.5, 0.6) is 0 Å². The molecule has 1 atom stereocenters. The van der Waals surface area contributed by atoms with Crippen LogP contribution in [0.25, 0.3) is 0 Å². The second-order valence-electron chi connectivity index (χ2n) is 4.76. The van der Waals surface area contributed by atoms with Crippen LogP contribution in [0.4, 0.5) is 0 Å². The van der Waals surface area contributed by atoms with E-state index in [0.717, 1.165) is 38.5 Å². The zero-order chi connectivity index (χ0) is 13.5. The zero-order valence-corrected chi connectivity index (χ0v) is 10.4. The topological polar surface area (TPSA) is 109 Å². The number of nitrogens with two attached hydrogens (primary N) is 1. The summed E-state index contributed by atoms with van der Waals surface area (Å²) in [5.74, 6) is -2.37. The quantitative estimate of drug-likeness (QED) is 0.618. The Morgan fingerprint density at radius 3 is 2.17 bits per heavy atom. The lowest BCUT2D eigenvalue weighted by atomic mass is 9.99. The first kappa shape index (κ1) is 14.5. The highest BCUT2D eigenvalue weighted by atomic mass is 16.4. The van der Waals surface area contributed by atoms with E-state index in [4.69, 9.17) is 10.8 Å². The van der Waals surface area contributed by atoms with Crippen molar-refractivity contribution in [1.29, 1.82) is 0 Å². The summed E-state index contributed by atoms with van der Waals surface area (Å²) in [6, 6.07) is -1.21. The SMILES string of the molecule is NC(=O)C[C@H](NC(=O)C1CCCCCC1)C(=O)O. The van der Waals surface area contributed by atoms with Crippen LogP contribution < -0.4 is 11.1 Å². The number of carbonyl (C=O) groups is 3. The number of carboxylic acid groups (broad SMARTS) is 1. The molecule has 6 nitrogen and oxygen atoms in total. The molecule has 0 aromatic heterocycles. The third-order valence-corrected chi connectivity index (χ3v) is 3.25. The van der Waals surface area contributed by atoms with E-state index < -0.39 is 17.9 Å². The van der Waals surface area contributed by atoms with E-state index in [-0.39, 0.29) is 18.2 Å². The molecule has 0 aliphatic heterocycles. The molecule has 1 saturated carbocycles. The average molecular weight is 256 g/mol. The second-order valence-corrected chi connectivity index (χ2v) is 4.76. The van der Waals surface area contributed by atoms with E-state index in [2.05, 4.69) is 5.32 Å². The molecular formula is C12H20N2O4. The van der Waals surface area contributed by atoms with E-state index in [1.807, 2.05) is 0 Å². The molecular weight excluding hydrogens is 236 g/mol. The van der Waals surface area contributed by atoms with Crippen molar-refractivity contribution in [3.63, 3.8) is 0 Å². The van der Waals surface area contributed by atoms with E-state index in [1.54, 1.807) is 0 Å². The predicted octanol–water partition coefficient (Wildman–Crippen LogP) is 0.402. The number of aliphatic carboxylic acids is 1. The Hall–Kier alpha value is -1.59. The van der Waals surface area contributed by atoms with Crippen molar-refractivity contribution >= 4 is 17.8 Å². The Balaban J connectivity index is 2.53. The van der Waals surface area contributed by atoms with Gasteiger partial charge in [0.05, 0.1) is 6.42 Å². The van der Waals surface area contributed by atoms with Gasteiger partial charge in [0.2, 0.25) is 11.8 Å². The van der Waals surface area contributed by atoms with Crippen LogP contribution >= 0.6 is 0 Å². The molecule has 0 aromatic rings. The first-order valence-electron chi connectivity index (χ1n) is 6.32. The maximum absolute atomic E-state index is 11.9. The van der Waals surface area contributed by atoms with Gasteiger partial charge in [0.1, 0.15) is 6.04 Å². The summed E-state index contributed by atoms with van der Waals surface area (Å²) in [4.78, 5) is 33.6. The smallest absolute Gasteiger partial charge is 0.326 e. The van der Waals surface area contributed by atoms with Gasteiger partial charge in [-0.25, -0.2) is 4.79 Å². The molecule has 0 bridgehead atoms. The summed E-state index contributed by atoms with van der Waals surface area (Å²) in [6.07, 6.45) is 5.43. The van der Waals surface area contributed by atoms with E-state index in [9.17, 15) is 14.4 Å². The van der Waals surface area contributed by atoms with Gasteiger partial charge < -0.3 is 16.2 Å². The first-order chi connectivity index (χ1) is 8.50. The van der Waals surface area contributed by atoms with Gasteiger partial charge in [-0.1, -0.05) is 25.7 Å². The molecule has 0 saturated heterocycles. The lowest BCUT2D eigenvalue weighted by molar-refractivity contribution is -0.144. The Morgan fingerprint density at radius 2 is 1.72 bits per heavy atom. The van der Waals surface area contributed by atoms with Crippen molar-refractivity contribution < 1.29 is 19.5 Å². The summed E-state index contributed by atoms with van der Waals surface area (Å²) in [6.45, 7) is 0.